The lowest BCUT2D eigenvalue weighted by atomic mass is 9.46. The Morgan fingerprint density at radius 2 is 1.68 bits per heavy atom. The molecule has 2 atom stereocenters. The van der Waals surface area contributed by atoms with Crippen molar-refractivity contribution in [3.05, 3.63) is 0 Å². The molecule has 4 N–H and O–H groups in total. The predicted octanol–water partition coefficient (Wildman–Crippen LogP) is 4.29. The lowest BCUT2D eigenvalue weighted by Gasteiger charge is -2.59. The summed E-state index contributed by atoms with van der Waals surface area (Å²) in [5, 5.41) is 0. The van der Waals surface area contributed by atoms with Crippen LogP contribution < -0.4 is 11.5 Å². The van der Waals surface area contributed by atoms with Gasteiger partial charge in [0.25, 0.3) is 0 Å². The molecule has 1 aliphatic rings. The minimum Gasteiger partial charge on any atom is -0.305 e. The van der Waals surface area contributed by atoms with E-state index in [0.717, 1.165) is 12.3 Å². The molecule has 0 bridgehead atoms. The van der Waals surface area contributed by atoms with Crippen LogP contribution in [-0.2, 0) is 0 Å². The summed E-state index contributed by atoms with van der Waals surface area (Å²) in [6, 6.07) is 0. The fraction of sp³-hybridized carbons (Fsp3) is 1.00. The first-order valence-corrected chi connectivity index (χ1v) is 8.55. The maximum atomic E-state index is 6.09. The number of hydrogen-bond acceptors (Lipinski definition) is 3. The molecule has 0 aromatic rings. The molecule has 0 aliphatic heterocycles. The van der Waals surface area contributed by atoms with Gasteiger partial charge in [-0.05, 0) is 55.3 Å². The predicted molar refractivity (Wildman–Crippen MR) is 88.1 cm³/mol. The Hall–Kier alpha value is 0.270. The Morgan fingerprint density at radius 1 is 1.11 bits per heavy atom. The summed E-state index contributed by atoms with van der Waals surface area (Å²) in [7, 11) is 0. The highest BCUT2D eigenvalue weighted by atomic mass is 32.1. The Balaban J connectivity index is 3.23. The minimum absolute atomic E-state index is 0.265. The van der Waals surface area contributed by atoms with E-state index in [-0.39, 0.29) is 5.41 Å². The second kappa shape index (κ2) is 6.36. The van der Waals surface area contributed by atoms with Crippen LogP contribution in [0.1, 0.15) is 79.1 Å². The number of hydrogen-bond donors (Lipinski definition) is 3. The van der Waals surface area contributed by atoms with Crippen LogP contribution in [0.4, 0.5) is 0 Å². The van der Waals surface area contributed by atoms with Gasteiger partial charge in [-0.25, -0.2) is 0 Å². The summed E-state index contributed by atoms with van der Waals surface area (Å²) in [5.41, 5.74) is 12.8. The van der Waals surface area contributed by atoms with E-state index in [4.69, 9.17) is 11.5 Å². The van der Waals surface area contributed by atoms with Crippen molar-refractivity contribution in [2.24, 2.45) is 28.2 Å². The third kappa shape index (κ3) is 3.14. The van der Waals surface area contributed by atoms with E-state index in [2.05, 4.69) is 40.3 Å². The summed E-state index contributed by atoms with van der Waals surface area (Å²) >= 11 is 4.44. The highest BCUT2D eigenvalue weighted by molar-refractivity contribution is 7.81. The Morgan fingerprint density at radius 3 is 2.05 bits per heavy atom. The van der Waals surface area contributed by atoms with Gasteiger partial charge in [0.05, 0.1) is 0 Å². The quantitative estimate of drug-likeness (QED) is 0.504. The molecule has 0 saturated heterocycles. The normalized spacial score (nSPS) is 31.4. The van der Waals surface area contributed by atoms with Gasteiger partial charge in [-0.2, -0.15) is 0 Å². The molecule has 0 aromatic heterocycles. The highest BCUT2D eigenvalue weighted by Gasteiger charge is 2.54. The topological polar surface area (TPSA) is 52.0 Å². The molecule has 0 aromatic carbocycles. The molecule has 0 radical (unpaired) electrons. The van der Waals surface area contributed by atoms with Gasteiger partial charge in [-0.3, -0.25) is 0 Å². The van der Waals surface area contributed by atoms with E-state index in [1.54, 1.807) is 0 Å². The zero-order valence-electron chi connectivity index (χ0n) is 13.3. The minimum atomic E-state index is -0.846. The van der Waals surface area contributed by atoms with Gasteiger partial charge in [0.15, 0.2) is 0 Å². The lowest BCUT2D eigenvalue weighted by molar-refractivity contribution is -0.0888. The van der Waals surface area contributed by atoms with Crippen LogP contribution in [0.15, 0.2) is 0 Å². The standard InChI is InChI=1S/C16H34N2S/c1-5-13-10-9-11-14(6-2,12-16(17,18)19)15(13,7-3)8-4/h13,19H,5-12,17-18H2,1-4H3. The molecule has 2 nitrogen and oxygen atoms in total. The maximum absolute atomic E-state index is 6.09. The van der Waals surface area contributed by atoms with Gasteiger partial charge in [-0.1, -0.05) is 40.5 Å². The molecule has 3 heteroatoms. The molecule has 114 valence electrons. The lowest BCUT2D eigenvalue weighted by Crippen LogP contribution is -2.56. The van der Waals surface area contributed by atoms with Crippen LogP contribution in [0.3, 0.4) is 0 Å². The van der Waals surface area contributed by atoms with E-state index in [0.29, 0.717) is 5.41 Å². The van der Waals surface area contributed by atoms with Crippen molar-refractivity contribution in [1.82, 2.24) is 0 Å². The van der Waals surface area contributed by atoms with Crippen molar-refractivity contribution in [1.29, 1.82) is 0 Å². The van der Waals surface area contributed by atoms with Gasteiger partial charge in [0, 0.05) is 0 Å². The molecule has 1 saturated carbocycles. The molecule has 1 rings (SSSR count). The first-order valence-electron chi connectivity index (χ1n) is 8.11. The fourth-order valence-corrected chi connectivity index (χ4v) is 5.58. The van der Waals surface area contributed by atoms with Gasteiger partial charge in [0.1, 0.15) is 4.99 Å². The third-order valence-electron chi connectivity index (χ3n) is 6.10. The first kappa shape index (κ1) is 17.3. The Bertz CT molecular complexity index is 281. The van der Waals surface area contributed by atoms with Crippen molar-refractivity contribution in [2.75, 3.05) is 0 Å². The molecule has 1 fully saturated rings. The smallest absolute Gasteiger partial charge is 0.109 e. The fourth-order valence-electron chi connectivity index (χ4n) is 5.28. The Kier molecular flexibility index (Phi) is 5.80. The van der Waals surface area contributed by atoms with Crippen LogP contribution in [0, 0.1) is 16.7 Å². The van der Waals surface area contributed by atoms with Crippen molar-refractivity contribution >= 4 is 12.6 Å². The highest BCUT2D eigenvalue weighted by Crippen LogP contribution is 2.62. The molecule has 0 spiro atoms. The van der Waals surface area contributed by atoms with Crippen LogP contribution in [0.25, 0.3) is 0 Å². The molecule has 0 heterocycles. The second-order valence-corrected chi connectivity index (χ2v) is 7.50. The van der Waals surface area contributed by atoms with Gasteiger partial charge < -0.3 is 11.5 Å². The summed E-state index contributed by atoms with van der Waals surface area (Å²) < 4.78 is 0. The van der Waals surface area contributed by atoms with Crippen molar-refractivity contribution in [3.8, 4) is 0 Å². The SMILES string of the molecule is CCC1CCCC(CC)(CC(N)(N)S)C1(CC)CC. The average Bonchev–Trinajstić information content (AvgIpc) is 2.36. The summed E-state index contributed by atoms with van der Waals surface area (Å²) in [4.78, 5) is -0.846. The monoisotopic (exact) mass is 286 g/mol. The van der Waals surface area contributed by atoms with Crippen LogP contribution in [0.5, 0.6) is 0 Å². The molecule has 19 heavy (non-hydrogen) atoms. The second-order valence-electron chi connectivity index (χ2n) is 6.66. The molecular weight excluding hydrogens is 252 g/mol. The summed E-state index contributed by atoms with van der Waals surface area (Å²) in [5.74, 6) is 0.812. The van der Waals surface area contributed by atoms with E-state index >= 15 is 0 Å². The van der Waals surface area contributed by atoms with E-state index in [1.165, 1.54) is 44.9 Å². The van der Waals surface area contributed by atoms with E-state index in [9.17, 15) is 0 Å². The van der Waals surface area contributed by atoms with Crippen LogP contribution >= 0.6 is 12.6 Å². The molecule has 2 unspecified atom stereocenters. The van der Waals surface area contributed by atoms with Gasteiger partial charge >= 0.3 is 0 Å². The van der Waals surface area contributed by atoms with Gasteiger partial charge in [-0.15, -0.1) is 12.6 Å². The van der Waals surface area contributed by atoms with Crippen LogP contribution in [0.2, 0.25) is 0 Å². The zero-order valence-corrected chi connectivity index (χ0v) is 14.2. The zero-order chi connectivity index (χ0) is 14.7. The first-order chi connectivity index (χ1) is 8.80. The summed E-state index contributed by atoms with van der Waals surface area (Å²) in [6.07, 6.45) is 9.70. The van der Waals surface area contributed by atoms with Gasteiger partial charge in [0.2, 0.25) is 0 Å². The van der Waals surface area contributed by atoms with Crippen molar-refractivity contribution in [3.63, 3.8) is 0 Å². The number of thiol groups is 1. The van der Waals surface area contributed by atoms with Crippen LogP contribution in [-0.4, -0.2) is 4.99 Å². The summed E-state index contributed by atoms with van der Waals surface area (Å²) in [6.45, 7) is 9.37. The number of nitrogens with two attached hydrogens (primary N) is 2. The van der Waals surface area contributed by atoms with Crippen molar-refractivity contribution < 1.29 is 0 Å². The molecule has 0 amide bonds. The molecular formula is C16H34N2S. The molecule has 1 aliphatic carbocycles. The Labute approximate surface area is 125 Å². The largest absolute Gasteiger partial charge is 0.305 e. The maximum Gasteiger partial charge on any atom is 0.109 e. The van der Waals surface area contributed by atoms with E-state index in [1.807, 2.05) is 0 Å². The number of rotatable bonds is 6. The van der Waals surface area contributed by atoms with Crippen molar-refractivity contribution in [2.45, 2.75) is 84.1 Å². The third-order valence-corrected chi connectivity index (χ3v) is 6.26. The average molecular weight is 287 g/mol. The van der Waals surface area contributed by atoms with E-state index < -0.39 is 4.99 Å².